The summed E-state index contributed by atoms with van der Waals surface area (Å²) in [4.78, 5) is 8.88. The van der Waals surface area contributed by atoms with Crippen LogP contribution in [-0.4, -0.2) is 16.8 Å². The maximum Gasteiger partial charge on any atom is 0.231 e. The average Bonchev–Trinajstić information content (AvgIpc) is 3.15. The van der Waals surface area contributed by atoms with E-state index in [4.69, 9.17) is 21.2 Å². The van der Waals surface area contributed by atoms with E-state index in [2.05, 4.69) is 26.1 Å². The number of nitrogen functional groups attached to an aromatic ring is 2. The van der Waals surface area contributed by atoms with Crippen molar-refractivity contribution in [3.8, 4) is 22.6 Å². The van der Waals surface area contributed by atoms with E-state index in [1.165, 1.54) is 0 Å². The van der Waals surface area contributed by atoms with Gasteiger partial charge in [0, 0.05) is 5.69 Å². The van der Waals surface area contributed by atoms with Gasteiger partial charge in [0.2, 0.25) is 12.7 Å². The SMILES string of the molecule is NNc1nc(Nc2ccccc2)nc(NN)c1-c1ccc2c(c1)OCO2. The Morgan fingerprint density at radius 3 is 2.23 bits per heavy atom. The van der Waals surface area contributed by atoms with Crippen molar-refractivity contribution in [1.29, 1.82) is 0 Å². The number of nitrogens with one attached hydrogen (secondary N) is 3. The number of benzene rings is 2. The fourth-order valence-corrected chi connectivity index (χ4v) is 2.70. The number of fused-ring (bicyclic) bond motifs is 1. The highest BCUT2D eigenvalue weighted by Gasteiger charge is 2.20. The minimum atomic E-state index is 0.194. The number of hydrogen-bond donors (Lipinski definition) is 5. The number of nitrogens with zero attached hydrogens (tertiary/aromatic N) is 2. The molecule has 9 nitrogen and oxygen atoms in total. The summed E-state index contributed by atoms with van der Waals surface area (Å²) in [5, 5.41) is 3.12. The first-order valence-corrected chi connectivity index (χ1v) is 7.86. The number of rotatable bonds is 5. The van der Waals surface area contributed by atoms with Crippen LogP contribution in [0.25, 0.3) is 11.1 Å². The third-order valence-corrected chi connectivity index (χ3v) is 3.87. The van der Waals surface area contributed by atoms with E-state index in [1.807, 2.05) is 48.5 Å². The Morgan fingerprint density at radius 1 is 0.846 bits per heavy atom. The topological polar surface area (TPSA) is 132 Å². The van der Waals surface area contributed by atoms with Crippen LogP contribution in [0.1, 0.15) is 0 Å². The summed E-state index contributed by atoms with van der Waals surface area (Å²) in [6.45, 7) is 0.194. The van der Waals surface area contributed by atoms with Crippen molar-refractivity contribution < 1.29 is 9.47 Å². The molecule has 9 heteroatoms. The summed E-state index contributed by atoms with van der Waals surface area (Å²) in [5.41, 5.74) is 7.45. The molecule has 4 rings (SSSR count). The standard InChI is InChI=1S/C17H17N7O2/c18-23-15-14(10-6-7-12-13(8-10)26-9-25-12)16(24-19)22-17(21-15)20-11-4-2-1-3-5-11/h1-8H,9,18-19H2,(H3,20,21,22,23,24). The van der Waals surface area contributed by atoms with E-state index >= 15 is 0 Å². The van der Waals surface area contributed by atoms with Gasteiger partial charge in [-0.15, -0.1) is 0 Å². The molecule has 0 bridgehead atoms. The molecule has 0 unspecified atom stereocenters. The van der Waals surface area contributed by atoms with Crippen LogP contribution in [0.2, 0.25) is 0 Å². The van der Waals surface area contributed by atoms with Crippen molar-refractivity contribution in [2.24, 2.45) is 11.7 Å². The van der Waals surface area contributed by atoms with Crippen LogP contribution < -0.4 is 37.3 Å². The van der Waals surface area contributed by atoms with Crippen LogP contribution in [0, 0.1) is 0 Å². The van der Waals surface area contributed by atoms with Crippen molar-refractivity contribution in [1.82, 2.24) is 9.97 Å². The molecule has 3 aromatic rings. The van der Waals surface area contributed by atoms with Gasteiger partial charge in [-0.3, -0.25) is 0 Å². The second kappa shape index (κ2) is 6.75. The molecule has 1 aromatic heterocycles. The lowest BCUT2D eigenvalue weighted by molar-refractivity contribution is 0.174. The highest BCUT2D eigenvalue weighted by molar-refractivity contribution is 5.86. The number of aromatic nitrogens is 2. The predicted molar refractivity (Wildman–Crippen MR) is 98.9 cm³/mol. The number of hydrogen-bond acceptors (Lipinski definition) is 9. The van der Waals surface area contributed by atoms with Crippen LogP contribution in [0.15, 0.2) is 48.5 Å². The van der Waals surface area contributed by atoms with E-state index in [0.717, 1.165) is 11.3 Å². The van der Waals surface area contributed by atoms with Gasteiger partial charge in [-0.1, -0.05) is 24.3 Å². The lowest BCUT2D eigenvalue weighted by Gasteiger charge is -2.15. The molecule has 7 N–H and O–H groups in total. The molecule has 0 spiro atoms. The van der Waals surface area contributed by atoms with Crippen molar-refractivity contribution >= 4 is 23.3 Å². The summed E-state index contributed by atoms with van der Waals surface area (Å²) in [7, 11) is 0. The lowest BCUT2D eigenvalue weighted by atomic mass is 10.1. The smallest absolute Gasteiger partial charge is 0.231 e. The Kier molecular flexibility index (Phi) is 4.14. The van der Waals surface area contributed by atoms with Gasteiger partial charge >= 0.3 is 0 Å². The number of hydrazine groups is 2. The average molecular weight is 351 g/mol. The van der Waals surface area contributed by atoms with Gasteiger partial charge in [-0.25, -0.2) is 11.7 Å². The van der Waals surface area contributed by atoms with Crippen molar-refractivity contribution in [3.05, 3.63) is 48.5 Å². The molecule has 2 aromatic carbocycles. The van der Waals surface area contributed by atoms with Crippen LogP contribution in [-0.2, 0) is 0 Å². The Morgan fingerprint density at radius 2 is 1.54 bits per heavy atom. The third-order valence-electron chi connectivity index (χ3n) is 3.87. The second-order valence-electron chi connectivity index (χ2n) is 5.47. The van der Waals surface area contributed by atoms with E-state index < -0.39 is 0 Å². The van der Waals surface area contributed by atoms with Crippen molar-refractivity contribution in [2.45, 2.75) is 0 Å². The van der Waals surface area contributed by atoms with Gasteiger partial charge in [-0.2, -0.15) is 9.97 Å². The van der Waals surface area contributed by atoms with Crippen LogP contribution in [0.3, 0.4) is 0 Å². The number of ether oxygens (including phenoxy) is 2. The molecule has 1 aliphatic rings. The quantitative estimate of drug-likeness (QED) is 0.346. The molecule has 0 amide bonds. The van der Waals surface area contributed by atoms with E-state index in [-0.39, 0.29) is 6.79 Å². The normalized spacial score (nSPS) is 11.9. The van der Waals surface area contributed by atoms with E-state index in [9.17, 15) is 0 Å². The fraction of sp³-hybridized carbons (Fsp3) is 0.0588. The summed E-state index contributed by atoms with van der Waals surface area (Å²) in [6.07, 6.45) is 0. The first-order chi connectivity index (χ1) is 12.8. The number of anilines is 4. The molecule has 0 radical (unpaired) electrons. The molecule has 0 saturated carbocycles. The Hall–Kier alpha value is -3.56. The molecule has 0 saturated heterocycles. The Bertz CT molecular complexity index is 909. The van der Waals surface area contributed by atoms with Gasteiger partial charge in [0.1, 0.15) is 0 Å². The van der Waals surface area contributed by atoms with E-state index in [0.29, 0.717) is 34.6 Å². The summed E-state index contributed by atoms with van der Waals surface area (Å²) < 4.78 is 10.8. The third kappa shape index (κ3) is 2.92. The van der Waals surface area contributed by atoms with Gasteiger partial charge in [0.05, 0.1) is 5.56 Å². The van der Waals surface area contributed by atoms with Crippen LogP contribution >= 0.6 is 0 Å². The second-order valence-corrected chi connectivity index (χ2v) is 5.47. The Labute approximate surface area is 149 Å². The lowest BCUT2D eigenvalue weighted by Crippen LogP contribution is -2.16. The highest BCUT2D eigenvalue weighted by atomic mass is 16.7. The molecule has 1 aliphatic heterocycles. The molecule has 0 fully saturated rings. The van der Waals surface area contributed by atoms with Gasteiger partial charge < -0.3 is 25.6 Å². The van der Waals surface area contributed by atoms with Crippen LogP contribution in [0.4, 0.5) is 23.3 Å². The molecule has 132 valence electrons. The minimum Gasteiger partial charge on any atom is -0.454 e. The number of para-hydroxylation sites is 1. The maximum atomic E-state index is 5.69. The van der Waals surface area contributed by atoms with E-state index in [1.54, 1.807) is 0 Å². The van der Waals surface area contributed by atoms with Gasteiger partial charge in [0.25, 0.3) is 0 Å². The molecule has 0 atom stereocenters. The fourth-order valence-electron chi connectivity index (χ4n) is 2.70. The zero-order valence-corrected chi connectivity index (χ0v) is 13.7. The predicted octanol–water partition coefficient (Wildman–Crippen LogP) is 2.19. The molecule has 2 heterocycles. The zero-order valence-electron chi connectivity index (χ0n) is 13.7. The summed E-state index contributed by atoms with van der Waals surface area (Å²) in [5.74, 6) is 13.9. The zero-order chi connectivity index (χ0) is 17.9. The maximum absolute atomic E-state index is 5.69. The summed E-state index contributed by atoms with van der Waals surface area (Å²) in [6, 6.07) is 15.1. The first kappa shape index (κ1) is 15.9. The number of nitrogens with two attached hydrogens (primary N) is 2. The molecule has 0 aliphatic carbocycles. The highest BCUT2D eigenvalue weighted by Crippen LogP contribution is 2.40. The first-order valence-electron chi connectivity index (χ1n) is 7.86. The molecular weight excluding hydrogens is 334 g/mol. The largest absolute Gasteiger partial charge is 0.454 e. The van der Waals surface area contributed by atoms with Crippen molar-refractivity contribution in [3.63, 3.8) is 0 Å². The Balaban J connectivity index is 1.77. The van der Waals surface area contributed by atoms with Gasteiger partial charge in [0.15, 0.2) is 23.1 Å². The summed E-state index contributed by atoms with van der Waals surface area (Å²) >= 11 is 0. The molecular formula is C17H17N7O2. The van der Waals surface area contributed by atoms with Crippen LogP contribution in [0.5, 0.6) is 11.5 Å². The minimum absolute atomic E-state index is 0.194. The van der Waals surface area contributed by atoms with Crippen molar-refractivity contribution in [2.75, 3.05) is 23.0 Å². The monoisotopic (exact) mass is 351 g/mol. The van der Waals surface area contributed by atoms with Gasteiger partial charge in [-0.05, 0) is 29.8 Å². The molecule has 26 heavy (non-hydrogen) atoms.